The van der Waals surface area contributed by atoms with Crippen LogP contribution in [0.4, 0.5) is 18.9 Å². The van der Waals surface area contributed by atoms with E-state index in [2.05, 4.69) is 15.0 Å². The van der Waals surface area contributed by atoms with Crippen LogP contribution in [0.5, 0.6) is 11.5 Å². The van der Waals surface area contributed by atoms with Gasteiger partial charge in [-0.2, -0.15) is 0 Å². The minimum absolute atomic E-state index is 0.00556. The highest BCUT2D eigenvalue weighted by atomic mass is 19.4. The number of methoxy groups -OCH3 is 1. The standard InChI is InChI=1S/C21H23F3N2O3/c1-28-19-7-3-2-6-18(19)26-12-4-5-16(14-26)25-20(27)13-15-8-10-17(11-9-15)29-21(22,23)24/h2-3,6-11,16H,4-5,12-14H2,1H3,(H,25,27). The lowest BCUT2D eigenvalue weighted by Crippen LogP contribution is -2.48. The third-order valence-corrected chi connectivity index (χ3v) is 4.73. The summed E-state index contributed by atoms with van der Waals surface area (Å²) in [5.74, 6) is 0.323. The molecule has 156 valence electrons. The van der Waals surface area contributed by atoms with Crippen LogP contribution in [0.2, 0.25) is 0 Å². The predicted octanol–water partition coefficient (Wildman–Crippen LogP) is 3.92. The molecule has 1 aliphatic heterocycles. The topological polar surface area (TPSA) is 50.8 Å². The number of piperidine rings is 1. The van der Waals surface area contributed by atoms with E-state index in [4.69, 9.17) is 4.74 Å². The Morgan fingerprint density at radius 1 is 1.17 bits per heavy atom. The number of halogens is 3. The molecule has 1 N–H and O–H groups in total. The van der Waals surface area contributed by atoms with Crippen LogP contribution in [0, 0.1) is 0 Å². The highest BCUT2D eigenvalue weighted by Crippen LogP contribution is 2.30. The van der Waals surface area contributed by atoms with Crippen LogP contribution in [0.3, 0.4) is 0 Å². The van der Waals surface area contributed by atoms with Gasteiger partial charge in [0.15, 0.2) is 0 Å². The molecule has 8 heteroatoms. The van der Waals surface area contributed by atoms with Crippen LogP contribution in [0.15, 0.2) is 48.5 Å². The zero-order valence-corrected chi connectivity index (χ0v) is 16.0. The number of benzene rings is 2. The second kappa shape index (κ2) is 9.07. The van der Waals surface area contributed by atoms with E-state index >= 15 is 0 Å². The molecule has 0 radical (unpaired) electrons. The van der Waals surface area contributed by atoms with Crippen LogP contribution < -0.4 is 19.7 Å². The summed E-state index contributed by atoms with van der Waals surface area (Å²) in [5.41, 5.74) is 1.61. The number of rotatable bonds is 6. The van der Waals surface area contributed by atoms with Crippen molar-refractivity contribution < 1.29 is 27.4 Å². The molecule has 0 aromatic heterocycles. The number of nitrogens with one attached hydrogen (secondary N) is 1. The van der Waals surface area contributed by atoms with Gasteiger partial charge in [0.2, 0.25) is 5.91 Å². The number of anilines is 1. The van der Waals surface area contributed by atoms with E-state index in [0.29, 0.717) is 12.1 Å². The fourth-order valence-electron chi connectivity index (χ4n) is 3.48. The van der Waals surface area contributed by atoms with Crippen molar-refractivity contribution in [3.8, 4) is 11.5 Å². The summed E-state index contributed by atoms with van der Waals surface area (Å²) >= 11 is 0. The number of carbonyl (C=O) groups is 1. The molecule has 0 spiro atoms. The number of hydrogen-bond donors (Lipinski definition) is 1. The highest BCUT2D eigenvalue weighted by molar-refractivity contribution is 5.79. The molecule has 0 bridgehead atoms. The van der Waals surface area contributed by atoms with E-state index in [0.717, 1.165) is 30.8 Å². The Hall–Kier alpha value is -2.90. The normalized spacial score (nSPS) is 17.0. The molecule has 1 fully saturated rings. The first-order valence-electron chi connectivity index (χ1n) is 9.36. The molecule has 2 aromatic rings. The van der Waals surface area contributed by atoms with Crippen molar-refractivity contribution in [3.63, 3.8) is 0 Å². The number of para-hydroxylation sites is 2. The summed E-state index contributed by atoms with van der Waals surface area (Å²) in [5, 5.41) is 3.02. The van der Waals surface area contributed by atoms with Crippen molar-refractivity contribution in [3.05, 3.63) is 54.1 Å². The van der Waals surface area contributed by atoms with Gasteiger partial charge in [-0.1, -0.05) is 24.3 Å². The smallest absolute Gasteiger partial charge is 0.495 e. The lowest BCUT2D eigenvalue weighted by molar-refractivity contribution is -0.274. The molecule has 1 heterocycles. The highest BCUT2D eigenvalue weighted by Gasteiger charge is 2.31. The van der Waals surface area contributed by atoms with Gasteiger partial charge in [0.05, 0.1) is 19.2 Å². The Morgan fingerprint density at radius 3 is 2.59 bits per heavy atom. The van der Waals surface area contributed by atoms with Crippen molar-refractivity contribution in [2.75, 3.05) is 25.1 Å². The molecule has 3 rings (SSSR count). The maximum atomic E-state index is 12.4. The van der Waals surface area contributed by atoms with Crippen molar-refractivity contribution in [1.82, 2.24) is 5.32 Å². The number of alkyl halides is 3. The lowest BCUT2D eigenvalue weighted by Gasteiger charge is -2.35. The Labute approximate surface area is 167 Å². The zero-order valence-electron chi connectivity index (χ0n) is 16.0. The molecule has 0 aliphatic carbocycles. The molecule has 1 aliphatic rings. The van der Waals surface area contributed by atoms with Crippen molar-refractivity contribution >= 4 is 11.6 Å². The third kappa shape index (κ3) is 6.04. The van der Waals surface area contributed by atoms with Gasteiger partial charge in [0, 0.05) is 19.1 Å². The quantitative estimate of drug-likeness (QED) is 0.787. The van der Waals surface area contributed by atoms with Gasteiger partial charge in [-0.15, -0.1) is 13.2 Å². The molecular weight excluding hydrogens is 385 g/mol. The monoisotopic (exact) mass is 408 g/mol. The van der Waals surface area contributed by atoms with Crippen LogP contribution in [-0.2, 0) is 11.2 Å². The van der Waals surface area contributed by atoms with Gasteiger partial charge in [0.25, 0.3) is 0 Å². The molecule has 1 unspecified atom stereocenters. The largest absolute Gasteiger partial charge is 0.573 e. The number of nitrogens with zero attached hydrogens (tertiary/aromatic N) is 1. The van der Waals surface area contributed by atoms with E-state index in [1.54, 1.807) is 7.11 Å². The summed E-state index contributed by atoms with van der Waals surface area (Å²) in [6.07, 6.45) is -2.83. The van der Waals surface area contributed by atoms with E-state index in [9.17, 15) is 18.0 Å². The molecule has 1 saturated heterocycles. The van der Waals surface area contributed by atoms with Crippen LogP contribution in [-0.4, -0.2) is 38.5 Å². The van der Waals surface area contributed by atoms with E-state index in [-0.39, 0.29) is 24.1 Å². The maximum Gasteiger partial charge on any atom is 0.573 e. The number of carbonyl (C=O) groups excluding carboxylic acids is 1. The zero-order chi connectivity index (χ0) is 20.9. The fourth-order valence-corrected chi connectivity index (χ4v) is 3.48. The minimum atomic E-state index is -4.73. The maximum absolute atomic E-state index is 12.4. The average molecular weight is 408 g/mol. The second-order valence-corrected chi connectivity index (χ2v) is 6.89. The Kier molecular flexibility index (Phi) is 6.51. The summed E-state index contributed by atoms with van der Waals surface area (Å²) < 4.78 is 45.9. The van der Waals surface area contributed by atoms with E-state index in [1.807, 2.05) is 24.3 Å². The average Bonchev–Trinajstić information content (AvgIpc) is 2.68. The third-order valence-electron chi connectivity index (χ3n) is 4.73. The van der Waals surface area contributed by atoms with Gasteiger partial charge >= 0.3 is 6.36 Å². The van der Waals surface area contributed by atoms with Crippen molar-refractivity contribution in [2.45, 2.75) is 31.7 Å². The Balaban J connectivity index is 1.55. The molecule has 5 nitrogen and oxygen atoms in total. The molecule has 0 saturated carbocycles. The predicted molar refractivity (Wildman–Crippen MR) is 103 cm³/mol. The summed E-state index contributed by atoms with van der Waals surface area (Å²) in [4.78, 5) is 14.6. The molecule has 1 atom stereocenters. The van der Waals surface area contributed by atoms with Crippen molar-refractivity contribution in [1.29, 1.82) is 0 Å². The number of amides is 1. The second-order valence-electron chi connectivity index (χ2n) is 6.89. The van der Waals surface area contributed by atoms with Gasteiger partial charge in [-0.25, -0.2) is 0 Å². The first-order chi connectivity index (χ1) is 13.8. The van der Waals surface area contributed by atoms with E-state index in [1.165, 1.54) is 24.3 Å². The first-order valence-corrected chi connectivity index (χ1v) is 9.36. The molecule has 1 amide bonds. The molecule has 2 aromatic carbocycles. The van der Waals surface area contributed by atoms with Crippen LogP contribution in [0.25, 0.3) is 0 Å². The van der Waals surface area contributed by atoms with Gasteiger partial charge in [-0.05, 0) is 42.7 Å². The lowest BCUT2D eigenvalue weighted by atomic mass is 10.0. The van der Waals surface area contributed by atoms with Gasteiger partial charge in [0.1, 0.15) is 11.5 Å². The molecular formula is C21H23F3N2O3. The SMILES string of the molecule is COc1ccccc1N1CCCC(NC(=O)Cc2ccc(OC(F)(F)F)cc2)C1. The Bertz CT molecular complexity index is 825. The van der Waals surface area contributed by atoms with Crippen molar-refractivity contribution in [2.24, 2.45) is 0 Å². The van der Waals surface area contributed by atoms with Crippen LogP contribution in [0.1, 0.15) is 18.4 Å². The van der Waals surface area contributed by atoms with Crippen LogP contribution >= 0.6 is 0 Å². The minimum Gasteiger partial charge on any atom is -0.495 e. The van der Waals surface area contributed by atoms with Gasteiger partial charge in [-0.3, -0.25) is 4.79 Å². The number of ether oxygens (including phenoxy) is 2. The summed E-state index contributed by atoms with van der Waals surface area (Å²) in [6, 6.07) is 13.1. The number of hydrogen-bond acceptors (Lipinski definition) is 4. The first kappa shape index (κ1) is 20.8. The fraction of sp³-hybridized carbons (Fsp3) is 0.381. The molecule has 29 heavy (non-hydrogen) atoms. The van der Waals surface area contributed by atoms with Gasteiger partial charge < -0.3 is 19.7 Å². The summed E-state index contributed by atoms with van der Waals surface area (Å²) in [7, 11) is 1.63. The Morgan fingerprint density at radius 2 is 1.90 bits per heavy atom. The van der Waals surface area contributed by atoms with E-state index < -0.39 is 6.36 Å². The summed E-state index contributed by atoms with van der Waals surface area (Å²) in [6.45, 7) is 1.55.